The molecule has 1 aromatic carbocycles. The second kappa shape index (κ2) is 2.84. The van der Waals surface area contributed by atoms with Crippen LogP contribution in [0.2, 0.25) is 0 Å². The Morgan fingerprint density at radius 3 is 2.77 bits per heavy atom. The van der Waals surface area contributed by atoms with Gasteiger partial charge in [-0.2, -0.15) is 0 Å². The molecule has 1 unspecified atom stereocenters. The highest BCUT2D eigenvalue weighted by molar-refractivity contribution is 9.10. The standard InChI is InChI=1S/C12H13Br/c13-10-5-3-9-4-6-11(8-1-2-8)12(9)7-10/h3,5,7-8,11H,1-2,4,6H2. The van der Waals surface area contributed by atoms with Gasteiger partial charge >= 0.3 is 0 Å². The van der Waals surface area contributed by atoms with Gasteiger partial charge in [-0.05, 0) is 60.8 Å². The molecule has 0 bridgehead atoms. The van der Waals surface area contributed by atoms with Crippen molar-refractivity contribution in [3.8, 4) is 0 Å². The summed E-state index contributed by atoms with van der Waals surface area (Å²) in [6.45, 7) is 0. The normalized spacial score (nSPS) is 26.1. The lowest BCUT2D eigenvalue weighted by atomic mass is 9.96. The van der Waals surface area contributed by atoms with Crippen LogP contribution in [-0.2, 0) is 6.42 Å². The summed E-state index contributed by atoms with van der Waals surface area (Å²) in [7, 11) is 0. The van der Waals surface area contributed by atoms with Crippen LogP contribution >= 0.6 is 15.9 Å². The highest BCUT2D eigenvalue weighted by Crippen LogP contribution is 2.49. The predicted octanol–water partition coefficient (Wildman–Crippen LogP) is 3.89. The van der Waals surface area contributed by atoms with Crippen LogP contribution in [-0.4, -0.2) is 0 Å². The maximum Gasteiger partial charge on any atom is 0.0178 e. The number of benzene rings is 1. The van der Waals surface area contributed by atoms with Crippen LogP contribution < -0.4 is 0 Å². The maximum atomic E-state index is 3.56. The van der Waals surface area contributed by atoms with Crippen molar-refractivity contribution in [2.24, 2.45) is 5.92 Å². The molecule has 0 saturated heterocycles. The Labute approximate surface area is 87.5 Å². The van der Waals surface area contributed by atoms with Gasteiger partial charge in [0.15, 0.2) is 0 Å². The number of hydrogen-bond acceptors (Lipinski definition) is 0. The molecule has 68 valence electrons. The first-order chi connectivity index (χ1) is 6.34. The lowest BCUT2D eigenvalue weighted by Crippen LogP contribution is -1.94. The first kappa shape index (κ1) is 8.05. The van der Waals surface area contributed by atoms with Gasteiger partial charge in [0.1, 0.15) is 0 Å². The van der Waals surface area contributed by atoms with Gasteiger partial charge < -0.3 is 0 Å². The zero-order valence-electron chi connectivity index (χ0n) is 7.59. The van der Waals surface area contributed by atoms with Crippen LogP contribution in [0, 0.1) is 5.92 Å². The average Bonchev–Trinajstić information content (AvgIpc) is 2.87. The number of aryl methyl sites for hydroxylation is 1. The fraction of sp³-hybridized carbons (Fsp3) is 0.500. The van der Waals surface area contributed by atoms with Crippen LogP contribution in [0.5, 0.6) is 0 Å². The van der Waals surface area contributed by atoms with E-state index in [2.05, 4.69) is 34.1 Å². The minimum Gasteiger partial charge on any atom is -0.0576 e. The van der Waals surface area contributed by atoms with Crippen molar-refractivity contribution in [1.29, 1.82) is 0 Å². The minimum absolute atomic E-state index is 0.896. The second-order valence-electron chi connectivity index (χ2n) is 4.33. The van der Waals surface area contributed by atoms with Crippen LogP contribution in [0.4, 0.5) is 0 Å². The molecular formula is C12H13Br. The zero-order valence-corrected chi connectivity index (χ0v) is 9.18. The summed E-state index contributed by atoms with van der Waals surface area (Å²) in [5, 5.41) is 0. The molecule has 13 heavy (non-hydrogen) atoms. The monoisotopic (exact) mass is 236 g/mol. The highest BCUT2D eigenvalue weighted by atomic mass is 79.9. The van der Waals surface area contributed by atoms with Gasteiger partial charge in [-0.1, -0.05) is 22.0 Å². The Hall–Kier alpha value is -0.300. The molecule has 1 heteroatoms. The van der Waals surface area contributed by atoms with Gasteiger partial charge in [0.05, 0.1) is 0 Å². The van der Waals surface area contributed by atoms with Gasteiger partial charge in [-0.3, -0.25) is 0 Å². The molecule has 0 aromatic heterocycles. The second-order valence-corrected chi connectivity index (χ2v) is 5.24. The molecule has 2 aliphatic carbocycles. The highest BCUT2D eigenvalue weighted by Gasteiger charge is 2.36. The Kier molecular flexibility index (Phi) is 1.76. The molecule has 0 N–H and O–H groups in total. The molecule has 1 aromatic rings. The molecule has 0 spiro atoms. The summed E-state index contributed by atoms with van der Waals surface area (Å²) in [6.07, 6.45) is 5.65. The van der Waals surface area contributed by atoms with E-state index in [9.17, 15) is 0 Å². The third-order valence-electron chi connectivity index (χ3n) is 3.42. The molecule has 1 saturated carbocycles. The first-order valence-corrected chi connectivity index (χ1v) is 5.92. The first-order valence-electron chi connectivity index (χ1n) is 5.13. The smallest absolute Gasteiger partial charge is 0.0178 e. The van der Waals surface area contributed by atoms with Crippen LogP contribution in [0.3, 0.4) is 0 Å². The van der Waals surface area contributed by atoms with Gasteiger partial charge in [0, 0.05) is 4.47 Å². The number of halogens is 1. The SMILES string of the molecule is Brc1ccc2c(c1)C(C1CC1)CC2. The fourth-order valence-electron chi connectivity index (χ4n) is 2.59. The molecule has 0 radical (unpaired) electrons. The van der Waals surface area contributed by atoms with Gasteiger partial charge in [-0.25, -0.2) is 0 Å². The van der Waals surface area contributed by atoms with Crippen LogP contribution in [0.15, 0.2) is 22.7 Å². The Balaban J connectivity index is 2.03. The molecule has 0 amide bonds. The van der Waals surface area contributed by atoms with E-state index in [1.165, 1.54) is 30.2 Å². The summed E-state index contributed by atoms with van der Waals surface area (Å²) < 4.78 is 1.25. The zero-order chi connectivity index (χ0) is 8.84. The summed E-state index contributed by atoms with van der Waals surface area (Å²) in [5.41, 5.74) is 3.23. The number of rotatable bonds is 1. The van der Waals surface area contributed by atoms with Crippen LogP contribution in [0.1, 0.15) is 36.3 Å². The van der Waals surface area contributed by atoms with E-state index in [1.54, 1.807) is 11.1 Å². The summed E-state index contributed by atoms with van der Waals surface area (Å²) in [6, 6.07) is 6.81. The fourth-order valence-corrected chi connectivity index (χ4v) is 2.97. The molecule has 0 nitrogen and oxygen atoms in total. The van der Waals surface area contributed by atoms with Crippen molar-refractivity contribution < 1.29 is 0 Å². The molecule has 0 aliphatic heterocycles. The summed E-state index contributed by atoms with van der Waals surface area (Å²) >= 11 is 3.56. The lowest BCUT2D eigenvalue weighted by molar-refractivity contribution is 0.600. The van der Waals surface area contributed by atoms with Gasteiger partial charge in [0.2, 0.25) is 0 Å². The molecule has 3 rings (SSSR count). The van der Waals surface area contributed by atoms with E-state index < -0.39 is 0 Å². The van der Waals surface area contributed by atoms with Crippen molar-refractivity contribution in [1.82, 2.24) is 0 Å². The van der Waals surface area contributed by atoms with Crippen LogP contribution in [0.25, 0.3) is 0 Å². The van der Waals surface area contributed by atoms with E-state index in [-0.39, 0.29) is 0 Å². The van der Waals surface area contributed by atoms with E-state index in [0.29, 0.717) is 0 Å². The van der Waals surface area contributed by atoms with Gasteiger partial charge in [-0.15, -0.1) is 0 Å². The third kappa shape index (κ3) is 1.34. The largest absolute Gasteiger partial charge is 0.0576 e. The van der Waals surface area contributed by atoms with Crippen molar-refractivity contribution in [3.05, 3.63) is 33.8 Å². The van der Waals surface area contributed by atoms with Gasteiger partial charge in [0.25, 0.3) is 0 Å². The molecule has 0 heterocycles. The molecule has 1 atom stereocenters. The minimum atomic E-state index is 0.896. The third-order valence-corrected chi connectivity index (χ3v) is 3.92. The van der Waals surface area contributed by atoms with Crippen molar-refractivity contribution >= 4 is 15.9 Å². The summed E-state index contributed by atoms with van der Waals surface area (Å²) in [4.78, 5) is 0. The Morgan fingerprint density at radius 1 is 1.15 bits per heavy atom. The van der Waals surface area contributed by atoms with Crippen molar-refractivity contribution in [2.45, 2.75) is 31.6 Å². The quantitative estimate of drug-likeness (QED) is 0.695. The average molecular weight is 237 g/mol. The van der Waals surface area contributed by atoms with Crippen molar-refractivity contribution in [3.63, 3.8) is 0 Å². The van der Waals surface area contributed by atoms with E-state index in [4.69, 9.17) is 0 Å². The number of hydrogen-bond donors (Lipinski definition) is 0. The van der Waals surface area contributed by atoms with Crippen molar-refractivity contribution in [2.75, 3.05) is 0 Å². The van der Waals surface area contributed by atoms with E-state index in [0.717, 1.165) is 11.8 Å². The Morgan fingerprint density at radius 2 is 2.00 bits per heavy atom. The predicted molar refractivity (Wildman–Crippen MR) is 57.9 cm³/mol. The lowest BCUT2D eigenvalue weighted by Gasteiger charge is -2.09. The Bertz CT molecular complexity index is 339. The number of fused-ring (bicyclic) bond motifs is 1. The summed E-state index contributed by atoms with van der Waals surface area (Å²) in [5.74, 6) is 1.92. The molecular weight excluding hydrogens is 224 g/mol. The maximum absolute atomic E-state index is 3.56. The van der Waals surface area contributed by atoms with E-state index >= 15 is 0 Å². The molecule has 1 fully saturated rings. The molecule has 2 aliphatic rings. The van der Waals surface area contributed by atoms with E-state index in [1.807, 2.05) is 0 Å². The topological polar surface area (TPSA) is 0 Å².